The van der Waals surface area contributed by atoms with Gasteiger partial charge in [0, 0.05) is 6.04 Å². The van der Waals surface area contributed by atoms with Gasteiger partial charge < -0.3 is 15.7 Å². The fourth-order valence-electron chi connectivity index (χ4n) is 2.85. The van der Waals surface area contributed by atoms with Crippen LogP contribution in [0.5, 0.6) is 0 Å². The van der Waals surface area contributed by atoms with Crippen molar-refractivity contribution in [3.63, 3.8) is 0 Å². The van der Waals surface area contributed by atoms with Gasteiger partial charge in [-0.3, -0.25) is 4.79 Å². The molecule has 1 amide bonds. The summed E-state index contributed by atoms with van der Waals surface area (Å²) in [4.78, 5) is 11.9. The third-order valence-electron chi connectivity index (χ3n) is 3.69. The van der Waals surface area contributed by atoms with Gasteiger partial charge in [0.05, 0.1) is 12.6 Å². The van der Waals surface area contributed by atoms with Gasteiger partial charge in [-0.2, -0.15) is 0 Å². The van der Waals surface area contributed by atoms with Gasteiger partial charge in [-0.1, -0.05) is 6.42 Å². The van der Waals surface area contributed by atoms with Crippen molar-refractivity contribution in [2.75, 3.05) is 13.2 Å². The molecule has 15 heavy (non-hydrogen) atoms. The summed E-state index contributed by atoms with van der Waals surface area (Å²) in [5, 5.41) is 15.0. The first-order chi connectivity index (χ1) is 7.22. The minimum Gasteiger partial charge on any atom is -0.394 e. The number of rotatable bonds is 3. The zero-order valence-electron chi connectivity index (χ0n) is 9.20. The Kier molecular flexibility index (Phi) is 3.26. The maximum atomic E-state index is 11.9. The van der Waals surface area contributed by atoms with E-state index in [-0.39, 0.29) is 24.6 Å². The quantitative estimate of drug-likeness (QED) is 0.611. The molecule has 1 heterocycles. The molecule has 4 atom stereocenters. The summed E-state index contributed by atoms with van der Waals surface area (Å²) < 4.78 is 0. The molecular weight excluding hydrogens is 192 g/mol. The van der Waals surface area contributed by atoms with Crippen LogP contribution in [0.3, 0.4) is 0 Å². The molecular formula is C11H20N2O2. The summed E-state index contributed by atoms with van der Waals surface area (Å²) in [7, 11) is 0. The molecule has 4 nitrogen and oxygen atoms in total. The van der Waals surface area contributed by atoms with Gasteiger partial charge in [-0.25, -0.2) is 0 Å². The molecule has 2 fully saturated rings. The second kappa shape index (κ2) is 4.49. The summed E-state index contributed by atoms with van der Waals surface area (Å²) in [6, 6.07) is -0.161. The zero-order chi connectivity index (χ0) is 10.8. The number of hydrogen-bond acceptors (Lipinski definition) is 3. The third-order valence-corrected chi connectivity index (χ3v) is 3.69. The predicted octanol–water partition coefficient (Wildman–Crippen LogP) is -0.128. The highest BCUT2D eigenvalue weighted by atomic mass is 16.3. The highest BCUT2D eigenvalue weighted by Crippen LogP contribution is 2.37. The maximum Gasteiger partial charge on any atom is 0.237 e. The van der Waals surface area contributed by atoms with Crippen molar-refractivity contribution in [1.82, 2.24) is 10.6 Å². The van der Waals surface area contributed by atoms with Crippen LogP contribution in [0, 0.1) is 11.8 Å². The molecule has 0 aromatic carbocycles. The van der Waals surface area contributed by atoms with E-state index in [1.165, 1.54) is 19.3 Å². The third kappa shape index (κ3) is 2.16. The predicted molar refractivity (Wildman–Crippen MR) is 57.3 cm³/mol. The summed E-state index contributed by atoms with van der Waals surface area (Å²) in [6.07, 6.45) is 3.69. The Morgan fingerprint density at radius 1 is 1.60 bits per heavy atom. The number of carbonyl (C=O) groups excluding carboxylic acids is 1. The number of fused-ring (bicyclic) bond motifs is 1. The fourth-order valence-corrected chi connectivity index (χ4v) is 2.85. The molecule has 0 bridgehead atoms. The van der Waals surface area contributed by atoms with Gasteiger partial charge in [0.2, 0.25) is 5.91 Å². The molecule has 1 saturated carbocycles. The Hall–Kier alpha value is -0.610. The topological polar surface area (TPSA) is 61.4 Å². The molecule has 86 valence electrons. The standard InChI is InChI=1S/C11H20N2O2/c1-7(6-14)13-11(15)10-9-4-2-3-8(9)5-12-10/h7-10,12,14H,2-6H2,1H3,(H,13,15). The largest absolute Gasteiger partial charge is 0.394 e. The average Bonchev–Trinajstić information content (AvgIpc) is 2.77. The molecule has 4 unspecified atom stereocenters. The van der Waals surface area contributed by atoms with Crippen LogP contribution in [0.25, 0.3) is 0 Å². The Labute approximate surface area is 90.4 Å². The SMILES string of the molecule is CC(CO)NC(=O)C1NCC2CCCC21. The van der Waals surface area contributed by atoms with E-state index >= 15 is 0 Å². The molecule has 3 N–H and O–H groups in total. The highest BCUT2D eigenvalue weighted by molar-refractivity contribution is 5.82. The number of nitrogens with one attached hydrogen (secondary N) is 2. The van der Waals surface area contributed by atoms with Crippen molar-refractivity contribution in [3.8, 4) is 0 Å². The van der Waals surface area contributed by atoms with E-state index in [1.807, 2.05) is 6.92 Å². The molecule has 0 radical (unpaired) electrons. The lowest BCUT2D eigenvalue weighted by atomic mass is 9.93. The zero-order valence-corrected chi connectivity index (χ0v) is 9.20. The van der Waals surface area contributed by atoms with E-state index in [1.54, 1.807) is 0 Å². The summed E-state index contributed by atoms with van der Waals surface area (Å²) in [6.45, 7) is 2.81. The van der Waals surface area contributed by atoms with E-state index in [9.17, 15) is 4.79 Å². The van der Waals surface area contributed by atoms with Crippen LogP contribution in [0.2, 0.25) is 0 Å². The first-order valence-corrected chi connectivity index (χ1v) is 5.87. The van der Waals surface area contributed by atoms with E-state index in [4.69, 9.17) is 5.11 Å². The number of hydrogen-bond donors (Lipinski definition) is 3. The van der Waals surface area contributed by atoms with Crippen LogP contribution in [-0.4, -0.2) is 36.2 Å². The van der Waals surface area contributed by atoms with Crippen molar-refractivity contribution >= 4 is 5.91 Å². The number of aliphatic hydroxyl groups is 1. The Balaban J connectivity index is 1.90. The Morgan fingerprint density at radius 2 is 2.40 bits per heavy atom. The average molecular weight is 212 g/mol. The van der Waals surface area contributed by atoms with Gasteiger partial charge in [0.25, 0.3) is 0 Å². The maximum absolute atomic E-state index is 11.9. The van der Waals surface area contributed by atoms with Crippen LogP contribution < -0.4 is 10.6 Å². The van der Waals surface area contributed by atoms with Gasteiger partial charge >= 0.3 is 0 Å². The molecule has 4 heteroatoms. The molecule has 1 aliphatic heterocycles. The highest BCUT2D eigenvalue weighted by Gasteiger charge is 2.42. The molecule has 0 spiro atoms. The number of amides is 1. The Bertz CT molecular complexity index is 245. The summed E-state index contributed by atoms with van der Waals surface area (Å²) in [5.41, 5.74) is 0. The number of carbonyl (C=O) groups is 1. The van der Waals surface area contributed by atoms with Crippen LogP contribution >= 0.6 is 0 Å². The Morgan fingerprint density at radius 3 is 3.13 bits per heavy atom. The van der Waals surface area contributed by atoms with Gasteiger partial charge in [0.15, 0.2) is 0 Å². The molecule has 2 aliphatic rings. The monoisotopic (exact) mass is 212 g/mol. The lowest BCUT2D eigenvalue weighted by Crippen LogP contribution is -2.47. The number of aliphatic hydroxyl groups excluding tert-OH is 1. The van der Waals surface area contributed by atoms with E-state index in [0.29, 0.717) is 11.8 Å². The van der Waals surface area contributed by atoms with Crippen molar-refractivity contribution < 1.29 is 9.90 Å². The van der Waals surface area contributed by atoms with Gasteiger partial charge in [-0.05, 0) is 38.1 Å². The smallest absolute Gasteiger partial charge is 0.237 e. The molecule has 0 aromatic rings. The molecule has 0 aromatic heterocycles. The molecule has 2 rings (SSSR count). The van der Waals surface area contributed by atoms with E-state index in [0.717, 1.165) is 6.54 Å². The lowest BCUT2D eigenvalue weighted by molar-refractivity contribution is -0.124. The summed E-state index contributed by atoms with van der Waals surface area (Å²) >= 11 is 0. The lowest BCUT2D eigenvalue weighted by Gasteiger charge is -2.20. The fraction of sp³-hybridized carbons (Fsp3) is 0.909. The van der Waals surface area contributed by atoms with Crippen molar-refractivity contribution in [3.05, 3.63) is 0 Å². The minimum atomic E-state index is -0.139. The van der Waals surface area contributed by atoms with E-state index in [2.05, 4.69) is 10.6 Å². The first kappa shape index (κ1) is 10.9. The molecule has 1 saturated heterocycles. The van der Waals surface area contributed by atoms with E-state index < -0.39 is 0 Å². The van der Waals surface area contributed by atoms with Gasteiger partial charge in [0.1, 0.15) is 0 Å². The van der Waals surface area contributed by atoms with Crippen molar-refractivity contribution in [2.45, 2.75) is 38.3 Å². The van der Waals surface area contributed by atoms with Crippen molar-refractivity contribution in [2.24, 2.45) is 11.8 Å². The second-order valence-electron chi connectivity index (χ2n) is 4.83. The second-order valence-corrected chi connectivity index (χ2v) is 4.83. The van der Waals surface area contributed by atoms with Crippen LogP contribution in [-0.2, 0) is 4.79 Å². The normalized spacial score (nSPS) is 36.3. The first-order valence-electron chi connectivity index (χ1n) is 5.87. The van der Waals surface area contributed by atoms with Crippen LogP contribution in [0.1, 0.15) is 26.2 Å². The van der Waals surface area contributed by atoms with Crippen LogP contribution in [0.4, 0.5) is 0 Å². The summed E-state index contributed by atoms with van der Waals surface area (Å²) in [5.74, 6) is 1.28. The van der Waals surface area contributed by atoms with Crippen LogP contribution in [0.15, 0.2) is 0 Å². The van der Waals surface area contributed by atoms with Crippen molar-refractivity contribution in [1.29, 1.82) is 0 Å². The van der Waals surface area contributed by atoms with Gasteiger partial charge in [-0.15, -0.1) is 0 Å². The molecule has 1 aliphatic carbocycles. The minimum absolute atomic E-state index is 0.00650.